The number of hydrogen-bond acceptors (Lipinski definition) is 4. The van der Waals surface area contributed by atoms with Gasteiger partial charge in [0.2, 0.25) is 0 Å². The summed E-state index contributed by atoms with van der Waals surface area (Å²) in [4.78, 5) is 6.70. The summed E-state index contributed by atoms with van der Waals surface area (Å²) < 4.78 is 4.16. The first-order valence-electron chi connectivity index (χ1n) is 16.9. The van der Waals surface area contributed by atoms with Gasteiger partial charge in [0.05, 0.1) is 5.69 Å². The largest absolute Gasteiger partial charge is 0.311 e. The first-order valence-corrected chi connectivity index (χ1v) is 18.5. The Hall–Kier alpha value is -4.58. The molecule has 48 heavy (non-hydrogen) atoms. The summed E-state index contributed by atoms with van der Waals surface area (Å²) in [5, 5.41) is 2.70. The third-order valence-corrected chi connectivity index (χ3v) is 13.4. The number of rotatable bonds is 2. The van der Waals surface area contributed by atoms with Gasteiger partial charge in [-0.2, -0.15) is 0 Å². The lowest BCUT2D eigenvalue weighted by Gasteiger charge is -2.45. The van der Waals surface area contributed by atoms with Crippen LogP contribution in [0.15, 0.2) is 127 Å². The lowest BCUT2D eigenvalue weighted by Crippen LogP contribution is -2.56. The third-order valence-electron chi connectivity index (χ3n) is 10.7. The molecule has 0 N–H and O–H groups in total. The molecule has 1 aliphatic carbocycles. The van der Waals surface area contributed by atoms with Crippen molar-refractivity contribution >= 4 is 93.9 Å². The number of fused-ring (bicyclic) bond motifs is 9. The van der Waals surface area contributed by atoms with Crippen molar-refractivity contribution in [2.75, 3.05) is 9.80 Å². The van der Waals surface area contributed by atoms with Crippen molar-refractivity contribution in [1.29, 1.82) is 0 Å². The van der Waals surface area contributed by atoms with E-state index in [2.05, 4.69) is 166 Å². The van der Waals surface area contributed by atoms with Crippen LogP contribution in [0.25, 0.3) is 25.9 Å². The minimum Gasteiger partial charge on any atom is -0.311 e. The van der Waals surface area contributed by atoms with E-state index >= 15 is 0 Å². The number of thiophene rings is 2. The van der Waals surface area contributed by atoms with Crippen molar-refractivity contribution in [3.8, 4) is 0 Å². The number of hydrogen-bond donors (Lipinski definition) is 0. The lowest BCUT2D eigenvalue weighted by atomic mass is 9.32. The second-order valence-electron chi connectivity index (χ2n) is 15.0. The monoisotopic (exact) mass is 654 g/mol. The van der Waals surface area contributed by atoms with Gasteiger partial charge in [-0.25, -0.2) is 0 Å². The average Bonchev–Trinajstić information content (AvgIpc) is 3.74. The maximum absolute atomic E-state index is 2.63. The summed E-state index contributed by atoms with van der Waals surface area (Å²) in [6, 6.07) is 45.2. The molecule has 0 amide bonds. The highest BCUT2D eigenvalue weighted by Crippen LogP contribution is 2.60. The maximum atomic E-state index is 2.63. The molecule has 0 saturated carbocycles. The second-order valence-corrected chi connectivity index (χ2v) is 17.1. The Kier molecular flexibility index (Phi) is 5.77. The average molecular weight is 655 g/mol. The Labute approximate surface area is 290 Å². The van der Waals surface area contributed by atoms with Gasteiger partial charge >= 0.3 is 0 Å². The molecule has 232 valence electrons. The number of anilines is 5. The van der Waals surface area contributed by atoms with E-state index in [1.165, 1.54) is 86.0 Å². The molecule has 0 bridgehead atoms. The van der Waals surface area contributed by atoms with Crippen molar-refractivity contribution < 1.29 is 0 Å². The molecular formula is C43H35BN2S2. The van der Waals surface area contributed by atoms with Crippen molar-refractivity contribution in [1.82, 2.24) is 0 Å². The fourth-order valence-corrected chi connectivity index (χ4v) is 11.2. The molecule has 5 heteroatoms. The molecule has 2 nitrogen and oxygen atoms in total. The van der Waals surface area contributed by atoms with Crippen LogP contribution in [-0.4, -0.2) is 6.71 Å². The van der Waals surface area contributed by atoms with E-state index < -0.39 is 0 Å². The van der Waals surface area contributed by atoms with Crippen molar-refractivity contribution in [3.63, 3.8) is 0 Å². The van der Waals surface area contributed by atoms with Gasteiger partial charge in [0.25, 0.3) is 6.71 Å². The van der Waals surface area contributed by atoms with Gasteiger partial charge in [0.15, 0.2) is 0 Å². The van der Waals surface area contributed by atoms with Crippen LogP contribution in [0.2, 0.25) is 0 Å². The van der Waals surface area contributed by atoms with Crippen molar-refractivity contribution in [2.45, 2.75) is 45.4 Å². The maximum Gasteiger partial charge on any atom is 0.261 e. The van der Waals surface area contributed by atoms with Gasteiger partial charge in [-0.1, -0.05) is 113 Å². The summed E-state index contributed by atoms with van der Waals surface area (Å²) >= 11 is 3.97. The van der Waals surface area contributed by atoms with Gasteiger partial charge in [-0.05, 0) is 65.0 Å². The number of para-hydroxylation sites is 2. The van der Waals surface area contributed by atoms with E-state index in [9.17, 15) is 0 Å². The van der Waals surface area contributed by atoms with Crippen LogP contribution in [0.1, 0.15) is 50.6 Å². The van der Waals surface area contributed by atoms with Gasteiger partial charge < -0.3 is 9.80 Å². The zero-order chi connectivity index (χ0) is 32.5. The zero-order valence-corrected chi connectivity index (χ0v) is 29.5. The molecule has 4 heterocycles. The molecular weight excluding hydrogens is 619 g/mol. The smallest absolute Gasteiger partial charge is 0.261 e. The molecule has 0 saturated heterocycles. The van der Waals surface area contributed by atoms with Crippen LogP contribution < -0.4 is 20.0 Å². The fraction of sp³-hybridized carbons (Fsp3) is 0.163. The minimum absolute atomic E-state index is 0.0490. The standard InChI is InChI=1S/C43H35BN2S2/c1-42(2,3)26-24-31-36-32(25-26)46(28-18-10-7-11-19-28)38-35-29-20-12-14-22-33(29)47-40(35)43(4,5)39(38)44(36)41-37(30-21-13-15-23-34(30)48-41)45(31)27-16-8-6-9-17-27/h6-25H,1-5H3. The molecule has 3 aliphatic rings. The van der Waals surface area contributed by atoms with E-state index in [0.717, 1.165) is 0 Å². The van der Waals surface area contributed by atoms with E-state index in [4.69, 9.17) is 0 Å². The number of nitrogens with zero attached hydrogens (tertiary/aromatic N) is 2. The van der Waals surface area contributed by atoms with Crippen LogP contribution in [-0.2, 0) is 10.8 Å². The molecule has 0 spiro atoms. The van der Waals surface area contributed by atoms with Crippen LogP contribution in [0.4, 0.5) is 28.4 Å². The van der Waals surface area contributed by atoms with E-state index in [0.29, 0.717) is 0 Å². The van der Waals surface area contributed by atoms with Gasteiger partial charge in [-0.15, -0.1) is 22.7 Å². The van der Waals surface area contributed by atoms with Crippen molar-refractivity contribution in [3.05, 3.63) is 143 Å². The Morgan fingerprint density at radius 3 is 1.81 bits per heavy atom. The summed E-state index contributed by atoms with van der Waals surface area (Å²) in [5.74, 6) is 0. The first-order chi connectivity index (χ1) is 23.2. The summed E-state index contributed by atoms with van der Waals surface area (Å²) in [6.07, 6.45) is 0. The summed E-state index contributed by atoms with van der Waals surface area (Å²) in [6.45, 7) is 12.2. The van der Waals surface area contributed by atoms with Crippen LogP contribution in [0, 0.1) is 0 Å². The van der Waals surface area contributed by atoms with E-state index in [1.54, 1.807) is 0 Å². The van der Waals surface area contributed by atoms with Crippen LogP contribution >= 0.6 is 22.7 Å². The first kappa shape index (κ1) is 28.4. The van der Waals surface area contributed by atoms with Crippen LogP contribution in [0.3, 0.4) is 0 Å². The number of allylic oxidation sites excluding steroid dienone is 1. The molecule has 2 aliphatic heterocycles. The van der Waals surface area contributed by atoms with E-state index in [1.807, 2.05) is 22.7 Å². The second kappa shape index (κ2) is 9.75. The normalized spacial score (nSPS) is 16.0. The molecule has 0 radical (unpaired) electrons. The van der Waals surface area contributed by atoms with Gasteiger partial charge in [-0.3, -0.25) is 0 Å². The van der Waals surface area contributed by atoms with Crippen LogP contribution in [0.5, 0.6) is 0 Å². The predicted molar refractivity (Wildman–Crippen MR) is 211 cm³/mol. The Balaban J connectivity index is 1.42. The Morgan fingerprint density at radius 2 is 1.17 bits per heavy atom. The predicted octanol–water partition coefficient (Wildman–Crippen LogP) is 11.2. The summed E-state index contributed by atoms with van der Waals surface area (Å²) in [5.41, 5.74) is 13.2. The Bertz CT molecular complexity index is 2480. The third kappa shape index (κ3) is 3.69. The van der Waals surface area contributed by atoms with Crippen molar-refractivity contribution in [2.24, 2.45) is 0 Å². The quantitative estimate of drug-likeness (QED) is 0.171. The molecule has 2 aromatic heterocycles. The topological polar surface area (TPSA) is 6.48 Å². The molecule has 0 atom stereocenters. The molecule has 10 rings (SSSR count). The molecule has 0 fully saturated rings. The highest BCUT2D eigenvalue weighted by Gasteiger charge is 2.55. The SMILES string of the molecule is CC(C)(C)c1cc2c3c(c1)N(c1ccccc1)c1c(sc4ccccc14)B3C1=C(c3c(sc4ccccc34)C1(C)C)N2c1ccccc1. The van der Waals surface area contributed by atoms with Gasteiger partial charge in [0, 0.05) is 69.3 Å². The molecule has 7 aromatic rings. The zero-order valence-electron chi connectivity index (χ0n) is 27.8. The highest BCUT2D eigenvalue weighted by atomic mass is 32.1. The molecule has 0 unspecified atom stereocenters. The number of benzene rings is 5. The Morgan fingerprint density at radius 1 is 0.625 bits per heavy atom. The fourth-order valence-electron chi connectivity index (χ4n) is 8.54. The lowest BCUT2D eigenvalue weighted by molar-refractivity contribution is 0.590. The van der Waals surface area contributed by atoms with Gasteiger partial charge in [0.1, 0.15) is 0 Å². The van der Waals surface area contributed by atoms with E-state index in [-0.39, 0.29) is 17.5 Å². The minimum atomic E-state index is -0.161. The molecule has 5 aromatic carbocycles. The highest BCUT2D eigenvalue weighted by molar-refractivity contribution is 7.33. The summed E-state index contributed by atoms with van der Waals surface area (Å²) in [7, 11) is 0.